The molecule has 4 nitrogen and oxygen atoms in total. The van der Waals surface area contributed by atoms with Gasteiger partial charge in [0.25, 0.3) is 0 Å². The second kappa shape index (κ2) is 6.44. The Morgan fingerprint density at radius 2 is 1.35 bits per heavy atom. The summed E-state index contributed by atoms with van der Waals surface area (Å²) in [4.78, 5) is 0. The minimum Gasteiger partial charge on any atom is -0.345 e. The molecule has 4 saturated carbocycles. The smallest absolute Gasteiger partial charge is 0.345 e. The van der Waals surface area contributed by atoms with Crippen molar-refractivity contribution in [1.29, 1.82) is 0 Å². The van der Waals surface area contributed by atoms with E-state index in [9.17, 15) is 4.57 Å². The lowest BCUT2D eigenvalue weighted by atomic mass is 9.49. The third kappa shape index (κ3) is 3.86. The molecule has 0 radical (unpaired) electrons. The zero-order valence-electron chi connectivity index (χ0n) is 15.3. The van der Waals surface area contributed by atoms with Crippen LogP contribution in [-0.4, -0.2) is 18.0 Å². The molecule has 0 aliphatic heterocycles. The van der Waals surface area contributed by atoms with Crippen molar-refractivity contribution in [2.75, 3.05) is 0 Å². The van der Waals surface area contributed by atoms with E-state index in [4.69, 9.17) is 9.05 Å². The van der Waals surface area contributed by atoms with Gasteiger partial charge in [0, 0.05) is 6.42 Å². The van der Waals surface area contributed by atoms with Crippen LogP contribution in [-0.2, 0) is 13.6 Å². The fraction of sp³-hybridized carbons (Fsp3) is 1.00. The van der Waals surface area contributed by atoms with Crippen LogP contribution in [0.3, 0.4) is 0 Å². The predicted octanol–water partition coefficient (Wildman–Crippen LogP) is 4.20. The number of rotatable bonds is 7. The van der Waals surface area contributed by atoms with Gasteiger partial charge in [-0.2, -0.15) is 0 Å². The van der Waals surface area contributed by atoms with Gasteiger partial charge in [-0.05, 0) is 89.4 Å². The highest BCUT2D eigenvalue weighted by atomic mass is 31.2. The quantitative estimate of drug-likeness (QED) is 0.704. The van der Waals surface area contributed by atoms with Crippen molar-refractivity contribution in [3.8, 4) is 0 Å². The van der Waals surface area contributed by atoms with Crippen molar-refractivity contribution in [2.24, 2.45) is 23.2 Å². The van der Waals surface area contributed by atoms with E-state index < -0.39 is 7.60 Å². The molecule has 134 valence electrons. The van der Waals surface area contributed by atoms with Crippen LogP contribution in [0, 0.1) is 23.2 Å². The van der Waals surface area contributed by atoms with Crippen LogP contribution in [0.25, 0.3) is 0 Å². The highest BCUT2D eigenvalue weighted by Crippen LogP contribution is 2.64. The molecule has 0 unspecified atom stereocenters. The van der Waals surface area contributed by atoms with Crippen molar-refractivity contribution in [1.82, 2.24) is 0 Å². The first-order chi connectivity index (χ1) is 10.7. The molecular formula is C18H35NO3P+. The van der Waals surface area contributed by atoms with Gasteiger partial charge in [-0.3, -0.25) is 4.57 Å². The van der Waals surface area contributed by atoms with Gasteiger partial charge in [0.2, 0.25) is 0 Å². The highest BCUT2D eigenvalue weighted by molar-refractivity contribution is 7.54. The minimum atomic E-state index is -3.16. The van der Waals surface area contributed by atoms with Crippen molar-refractivity contribution < 1.29 is 19.3 Å². The van der Waals surface area contributed by atoms with Gasteiger partial charge in [0.15, 0.2) is 5.78 Å². The molecule has 5 heteroatoms. The molecule has 0 aromatic carbocycles. The first-order valence-corrected chi connectivity index (χ1v) is 11.1. The Morgan fingerprint density at radius 1 is 0.957 bits per heavy atom. The molecule has 4 bridgehead atoms. The maximum atomic E-state index is 13.4. The average molecular weight is 344 g/mol. The van der Waals surface area contributed by atoms with Crippen molar-refractivity contribution in [3.05, 3.63) is 0 Å². The molecule has 0 amide bonds. The van der Waals surface area contributed by atoms with Crippen LogP contribution in [0.2, 0.25) is 0 Å². The average Bonchev–Trinajstić information content (AvgIpc) is 2.33. The van der Waals surface area contributed by atoms with Crippen molar-refractivity contribution in [3.63, 3.8) is 0 Å². The van der Waals surface area contributed by atoms with Crippen LogP contribution in [0.5, 0.6) is 0 Å². The maximum absolute atomic E-state index is 13.4. The summed E-state index contributed by atoms with van der Waals surface area (Å²) in [5.41, 5.74) is 4.64. The fourth-order valence-electron chi connectivity index (χ4n) is 5.94. The van der Waals surface area contributed by atoms with E-state index >= 15 is 0 Å². The van der Waals surface area contributed by atoms with Gasteiger partial charge in [-0.15, -0.1) is 0 Å². The Labute approximate surface area is 141 Å². The van der Waals surface area contributed by atoms with Crippen LogP contribution in [0.1, 0.15) is 72.6 Å². The van der Waals surface area contributed by atoms with E-state index in [2.05, 4.69) is 5.73 Å². The molecule has 0 saturated heterocycles. The molecule has 4 rings (SSSR count). The van der Waals surface area contributed by atoms with Crippen molar-refractivity contribution in [2.45, 2.75) is 90.6 Å². The maximum Gasteiger partial charge on any atom is 0.387 e. The molecule has 23 heavy (non-hydrogen) atoms. The van der Waals surface area contributed by atoms with Crippen LogP contribution >= 0.6 is 7.60 Å². The number of hydrogen-bond acceptors (Lipinski definition) is 3. The molecule has 0 aromatic rings. The SMILES string of the molecule is CC(C)OP(=O)(OC(C)C)[C@@H]([NH3+])CC12CC3CC(CC(C3)C1)C2. The largest absolute Gasteiger partial charge is 0.387 e. The van der Waals surface area contributed by atoms with E-state index in [0.29, 0.717) is 5.41 Å². The molecular weight excluding hydrogens is 309 g/mol. The Kier molecular flexibility index (Phi) is 5.02. The normalized spacial score (nSPS) is 37.8. The summed E-state index contributed by atoms with van der Waals surface area (Å²) in [6.07, 6.45) is 8.96. The fourth-order valence-corrected chi connectivity index (χ4v) is 8.12. The van der Waals surface area contributed by atoms with Crippen LogP contribution in [0.15, 0.2) is 0 Å². The van der Waals surface area contributed by atoms with E-state index in [1.54, 1.807) is 0 Å². The Bertz CT molecular complexity index is 428. The molecule has 0 spiro atoms. The lowest BCUT2D eigenvalue weighted by molar-refractivity contribution is -0.402. The zero-order valence-corrected chi connectivity index (χ0v) is 16.2. The number of hydrogen-bond donors (Lipinski definition) is 1. The second-order valence-electron chi connectivity index (χ2n) is 9.12. The number of quaternary nitrogens is 1. The van der Waals surface area contributed by atoms with Crippen molar-refractivity contribution >= 4 is 7.60 Å². The summed E-state index contributed by atoms with van der Waals surface area (Å²) >= 11 is 0. The highest BCUT2D eigenvalue weighted by Gasteiger charge is 2.54. The Hall–Kier alpha value is 0.110. The third-order valence-corrected chi connectivity index (χ3v) is 8.50. The predicted molar refractivity (Wildman–Crippen MR) is 91.9 cm³/mol. The van der Waals surface area contributed by atoms with E-state index in [1.807, 2.05) is 27.7 Å². The minimum absolute atomic E-state index is 0.0970. The second-order valence-corrected chi connectivity index (χ2v) is 11.4. The summed E-state index contributed by atoms with van der Waals surface area (Å²) in [5.74, 6) is 2.48. The zero-order chi connectivity index (χ0) is 16.8. The summed E-state index contributed by atoms with van der Waals surface area (Å²) in [7, 11) is -3.16. The van der Waals surface area contributed by atoms with Gasteiger partial charge >= 0.3 is 7.60 Å². The molecule has 0 heterocycles. The van der Waals surface area contributed by atoms with E-state index in [-0.39, 0.29) is 18.0 Å². The van der Waals surface area contributed by atoms with E-state index in [0.717, 1.165) is 24.2 Å². The van der Waals surface area contributed by atoms with Crippen LogP contribution < -0.4 is 5.73 Å². The monoisotopic (exact) mass is 344 g/mol. The standard InChI is InChI=1S/C18H34NO3P/c1-12(2)21-23(20,22-13(3)4)17(19)11-18-8-14-5-15(9-18)7-16(6-14)10-18/h12-17H,5-11,19H2,1-4H3/p+1/t14?,15?,16?,17-,18?/m1/s1. The molecule has 3 N–H and O–H groups in total. The molecule has 4 aliphatic rings. The Morgan fingerprint density at radius 3 is 1.70 bits per heavy atom. The van der Waals surface area contributed by atoms with Gasteiger partial charge in [-0.1, -0.05) is 0 Å². The molecule has 4 fully saturated rings. The topological polar surface area (TPSA) is 63.2 Å². The molecule has 0 aromatic heterocycles. The van der Waals surface area contributed by atoms with Crippen LogP contribution in [0.4, 0.5) is 0 Å². The van der Waals surface area contributed by atoms with Gasteiger partial charge in [0.1, 0.15) is 0 Å². The lowest BCUT2D eigenvalue weighted by Crippen LogP contribution is -2.63. The first-order valence-electron chi connectivity index (χ1n) is 9.49. The molecule has 4 aliphatic carbocycles. The Balaban J connectivity index is 1.73. The first kappa shape index (κ1) is 17.9. The molecule has 1 atom stereocenters. The van der Waals surface area contributed by atoms with Gasteiger partial charge in [0.05, 0.1) is 12.2 Å². The third-order valence-electron chi connectivity index (χ3n) is 6.00. The summed E-state index contributed by atoms with van der Waals surface area (Å²) < 4.78 is 24.9. The summed E-state index contributed by atoms with van der Waals surface area (Å²) in [5, 5.41) is 0. The summed E-state index contributed by atoms with van der Waals surface area (Å²) in [6.45, 7) is 7.70. The summed E-state index contributed by atoms with van der Waals surface area (Å²) in [6, 6.07) is 0. The lowest BCUT2D eigenvalue weighted by Gasteiger charge is -2.57. The van der Waals surface area contributed by atoms with Gasteiger partial charge in [-0.25, -0.2) is 0 Å². The van der Waals surface area contributed by atoms with Gasteiger partial charge < -0.3 is 14.8 Å². The van der Waals surface area contributed by atoms with E-state index in [1.165, 1.54) is 38.5 Å².